The molecule has 1 amide bonds. The van der Waals surface area contributed by atoms with Gasteiger partial charge in [0.05, 0.1) is 23.5 Å². The number of nitrogens with zero attached hydrogens (tertiary/aromatic N) is 2. The largest absolute Gasteiger partial charge is 0.386 e. The number of carbonyl (C=O) groups excluding carboxylic acids is 1. The fraction of sp³-hybridized carbons (Fsp3) is 0.346. The van der Waals surface area contributed by atoms with Crippen LogP contribution in [-0.4, -0.2) is 16.0 Å². The number of anilines is 1. The molecule has 2 N–H and O–H groups in total. The third-order valence-corrected chi connectivity index (χ3v) is 6.94. The second-order valence-corrected chi connectivity index (χ2v) is 9.59. The third kappa shape index (κ3) is 3.37. The van der Waals surface area contributed by atoms with E-state index in [2.05, 4.69) is 28.5 Å². The van der Waals surface area contributed by atoms with Crippen LogP contribution in [0.5, 0.6) is 0 Å². The third-order valence-electron chi connectivity index (χ3n) is 6.94. The molecule has 1 unspecified atom stereocenters. The van der Waals surface area contributed by atoms with Crippen molar-refractivity contribution in [2.45, 2.75) is 50.5 Å². The zero-order chi connectivity index (χ0) is 21.9. The molecule has 2 aliphatic rings. The Hall–Kier alpha value is -3.23. The predicted molar refractivity (Wildman–Crippen MR) is 119 cm³/mol. The number of hydrogen-bond donors (Lipinski definition) is 2. The predicted octanol–water partition coefficient (Wildman–Crippen LogP) is 4.59. The minimum absolute atomic E-state index is 0.147. The maximum Gasteiger partial charge on any atom is 0.229 e. The number of aliphatic hydroxyl groups is 1. The Morgan fingerprint density at radius 3 is 2.52 bits per heavy atom. The number of nitriles is 1. The van der Waals surface area contributed by atoms with E-state index < -0.39 is 5.60 Å². The number of hydrogen-bond acceptors (Lipinski definition) is 4. The lowest BCUT2D eigenvalue weighted by atomic mass is 9.92. The summed E-state index contributed by atoms with van der Waals surface area (Å²) in [5.74, 6) is 0.359. The Morgan fingerprint density at radius 2 is 1.90 bits per heavy atom. The van der Waals surface area contributed by atoms with Crippen LogP contribution in [0.25, 0.3) is 10.8 Å². The lowest BCUT2D eigenvalue weighted by molar-refractivity contribution is -0.115. The summed E-state index contributed by atoms with van der Waals surface area (Å²) < 4.78 is 0. The number of nitrogens with one attached hydrogen (secondary N) is 1. The summed E-state index contributed by atoms with van der Waals surface area (Å²) in [5, 5.41) is 24.7. The van der Waals surface area contributed by atoms with Crippen molar-refractivity contribution in [3.05, 3.63) is 71.4 Å². The first-order chi connectivity index (χ1) is 14.7. The molecule has 1 atom stereocenters. The van der Waals surface area contributed by atoms with E-state index in [-0.39, 0.29) is 23.2 Å². The lowest BCUT2D eigenvalue weighted by Crippen LogP contribution is -2.17. The summed E-state index contributed by atoms with van der Waals surface area (Å²) in [7, 11) is 0. The number of rotatable bonds is 5. The molecule has 5 heteroatoms. The number of benzene rings is 2. The number of amides is 1. The van der Waals surface area contributed by atoms with Gasteiger partial charge in [0.2, 0.25) is 5.91 Å². The van der Waals surface area contributed by atoms with E-state index >= 15 is 0 Å². The van der Waals surface area contributed by atoms with Crippen molar-refractivity contribution < 1.29 is 9.90 Å². The van der Waals surface area contributed by atoms with Gasteiger partial charge in [0.25, 0.3) is 0 Å². The maximum absolute atomic E-state index is 12.5. The molecule has 1 aromatic heterocycles. The van der Waals surface area contributed by atoms with Gasteiger partial charge in [-0.1, -0.05) is 36.4 Å². The Bertz CT molecular complexity index is 1230. The van der Waals surface area contributed by atoms with E-state index in [4.69, 9.17) is 0 Å². The smallest absolute Gasteiger partial charge is 0.229 e. The molecule has 156 valence electrons. The minimum Gasteiger partial charge on any atom is -0.386 e. The Labute approximate surface area is 181 Å². The topological polar surface area (TPSA) is 86.0 Å². The summed E-state index contributed by atoms with van der Waals surface area (Å²) in [5.41, 5.74) is 1.74. The first-order valence-corrected chi connectivity index (χ1v) is 10.7. The van der Waals surface area contributed by atoms with Gasteiger partial charge in [0.1, 0.15) is 5.82 Å². The van der Waals surface area contributed by atoms with Crippen LogP contribution in [0.4, 0.5) is 5.82 Å². The Kier molecular flexibility index (Phi) is 4.22. The molecule has 5 nitrogen and oxygen atoms in total. The molecule has 3 aromatic rings. The molecule has 2 aliphatic carbocycles. The monoisotopic (exact) mass is 411 g/mol. The average Bonchev–Trinajstić information content (AvgIpc) is 3.65. The summed E-state index contributed by atoms with van der Waals surface area (Å²) in [6.07, 6.45) is 5.24. The highest BCUT2D eigenvalue weighted by atomic mass is 16.3. The Balaban J connectivity index is 1.32. The fourth-order valence-electron chi connectivity index (χ4n) is 4.73. The van der Waals surface area contributed by atoms with Crippen LogP contribution in [-0.2, 0) is 22.2 Å². The standard InChI is InChI=1S/C26H25N3O2/c1-24(2,31)20-6-3-17(4-7-20)11-23(30)29-22-13-19-12-21(8-5-18(19)14-28-22)26(16-27)15-25(26)9-10-25/h3-8,12-14,31H,9-11,15H2,1-2H3,(H,28,29,30). The molecule has 0 radical (unpaired) electrons. The molecular formula is C26H25N3O2. The summed E-state index contributed by atoms with van der Waals surface area (Å²) >= 11 is 0. The first-order valence-electron chi connectivity index (χ1n) is 10.7. The van der Waals surface area contributed by atoms with Crippen LogP contribution in [0.2, 0.25) is 0 Å². The minimum atomic E-state index is -0.904. The lowest BCUT2D eigenvalue weighted by Gasteiger charge is -2.17. The van der Waals surface area contributed by atoms with Gasteiger partial charge >= 0.3 is 0 Å². The molecule has 1 spiro atoms. The number of fused-ring (bicyclic) bond motifs is 1. The molecule has 5 rings (SSSR count). The van der Waals surface area contributed by atoms with Crippen molar-refractivity contribution in [3.8, 4) is 6.07 Å². The van der Waals surface area contributed by atoms with Crippen molar-refractivity contribution in [2.75, 3.05) is 5.32 Å². The van der Waals surface area contributed by atoms with Crippen molar-refractivity contribution in [1.29, 1.82) is 5.26 Å². The summed E-state index contributed by atoms with van der Waals surface area (Å²) in [6.45, 7) is 3.47. The second-order valence-electron chi connectivity index (χ2n) is 9.59. The molecular weight excluding hydrogens is 386 g/mol. The van der Waals surface area contributed by atoms with E-state index in [1.807, 2.05) is 36.4 Å². The number of aromatic nitrogens is 1. The van der Waals surface area contributed by atoms with E-state index in [1.54, 1.807) is 20.0 Å². The van der Waals surface area contributed by atoms with Crippen molar-refractivity contribution in [3.63, 3.8) is 0 Å². The normalized spacial score (nSPS) is 21.0. The van der Waals surface area contributed by atoms with Gasteiger partial charge in [-0.15, -0.1) is 0 Å². The molecule has 2 fully saturated rings. The van der Waals surface area contributed by atoms with Crippen molar-refractivity contribution >= 4 is 22.5 Å². The van der Waals surface area contributed by atoms with Gasteiger partial charge in [-0.3, -0.25) is 4.79 Å². The van der Waals surface area contributed by atoms with Gasteiger partial charge in [0, 0.05) is 11.6 Å². The molecule has 0 bridgehead atoms. The molecule has 2 saturated carbocycles. The van der Waals surface area contributed by atoms with Crippen molar-refractivity contribution in [2.24, 2.45) is 5.41 Å². The number of pyridine rings is 1. The highest BCUT2D eigenvalue weighted by Crippen LogP contribution is 2.78. The molecule has 0 saturated heterocycles. The van der Waals surface area contributed by atoms with Crippen LogP contribution >= 0.6 is 0 Å². The van der Waals surface area contributed by atoms with Gasteiger partial charge in [-0.25, -0.2) is 4.98 Å². The molecule has 0 aliphatic heterocycles. The van der Waals surface area contributed by atoms with Crippen LogP contribution in [0, 0.1) is 16.7 Å². The van der Waals surface area contributed by atoms with Gasteiger partial charge in [-0.05, 0) is 72.7 Å². The Morgan fingerprint density at radius 1 is 1.16 bits per heavy atom. The van der Waals surface area contributed by atoms with Crippen LogP contribution < -0.4 is 5.32 Å². The molecule has 1 heterocycles. The zero-order valence-corrected chi connectivity index (χ0v) is 17.8. The van der Waals surface area contributed by atoms with E-state index in [0.717, 1.165) is 46.7 Å². The van der Waals surface area contributed by atoms with Crippen LogP contribution in [0.15, 0.2) is 54.7 Å². The maximum atomic E-state index is 12.5. The fourth-order valence-corrected chi connectivity index (χ4v) is 4.73. The van der Waals surface area contributed by atoms with E-state index in [9.17, 15) is 15.2 Å². The van der Waals surface area contributed by atoms with Crippen LogP contribution in [0.1, 0.15) is 49.8 Å². The van der Waals surface area contributed by atoms with Gasteiger partial charge < -0.3 is 10.4 Å². The highest BCUT2D eigenvalue weighted by Gasteiger charge is 2.75. The van der Waals surface area contributed by atoms with Crippen LogP contribution in [0.3, 0.4) is 0 Å². The van der Waals surface area contributed by atoms with E-state index in [0.29, 0.717) is 5.82 Å². The summed E-state index contributed by atoms with van der Waals surface area (Å²) in [6, 6.07) is 18.0. The van der Waals surface area contributed by atoms with Gasteiger partial charge in [-0.2, -0.15) is 5.26 Å². The SMILES string of the molecule is CC(C)(O)c1ccc(CC(=O)Nc2cc3cc(C4(C#N)CC45CC5)ccc3cn2)cc1. The second kappa shape index (κ2) is 6.63. The van der Waals surface area contributed by atoms with Gasteiger partial charge in [0.15, 0.2) is 0 Å². The molecule has 31 heavy (non-hydrogen) atoms. The quantitative estimate of drug-likeness (QED) is 0.643. The first kappa shape index (κ1) is 19.7. The number of carbonyl (C=O) groups is 1. The average molecular weight is 412 g/mol. The van der Waals surface area contributed by atoms with Crippen molar-refractivity contribution in [1.82, 2.24) is 4.98 Å². The van der Waals surface area contributed by atoms with E-state index in [1.165, 1.54) is 0 Å². The molecule has 2 aromatic carbocycles. The zero-order valence-electron chi connectivity index (χ0n) is 17.8. The highest BCUT2D eigenvalue weighted by molar-refractivity contribution is 5.94. The summed E-state index contributed by atoms with van der Waals surface area (Å²) in [4.78, 5) is 16.9.